The lowest BCUT2D eigenvalue weighted by Crippen LogP contribution is -2.60. The number of esters is 5. The summed E-state index contributed by atoms with van der Waals surface area (Å²) in [5.74, 6) is -6.11. The first-order chi connectivity index (χ1) is 23.5. The molecule has 0 aromatic rings. The van der Waals surface area contributed by atoms with Crippen LogP contribution in [-0.2, 0) is 66.7 Å². The number of hydrogen-bond donors (Lipinski definition) is 1. The fourth-order valence-corrected chi connectivity index (χ4v) is 5.55. The Labute approximate surface area is 287 Å². The van der Waals surface area contributed by atoms with E-state index in [2.05, 4.69) is 0 Å². The van der Waals surface area contributed by atoms with Crippen molar-refractivity contribution in [2.75, 3.05) is 19.8 Å². The molecule has 0 aromatic heterocycles. The summed E-state index contributed by atoms with van der Waals surface area (Å²) in [6.45, 7) is 8.38. The van der Waals surface area contributed by atoms with Gasteiger partial charge in [-0.2, -0.15) is 0 Å². The molecular formula is C34H54O15. The van der Waals surface area contributed by atoms with Gasteiger partial charge < -0.3 is 43.0 Å². The van der Waals surface area contributed by atoms with Crippen molar-refractivity contribution in [1.82, 2.24) is 0 Å². The summed E-state index contributed by atoms with van der Waals surface area (Å²) in [4.78, 5) is 75.0. The minimum atomic E-state index is -1.44. The molecule has 2 fully saturated rings. The highest BCUT2D eigenvalue weighted by molar-refractivity contribution is 5.72. The summed E-state index contributed by atoms with van der Waals surface area (Å²) in [6, 6.07) is 0. The summed E-state index contributed by atoms with van der Waals surface area (Å²) in [6.07, 6.45) is -4.40. The molecule has 2 aliphatic heterocycles. The maximum atomic E-state index is 12.8. The molecule has 0 aliphatic carbocycles. The van der Waals surface area contributed by atoms with E-state index in [-0.39, 0.29) is 64.8 Å². The van der Waals surface area contributed by atoms with Gasteiger partial charge in [-0.1, -0.05) is 34.6 Å². The van der Waals surface area contributed by atoms with E-state index in [9.17, 15) is 33.9 Å². The fraction of sp³-hybridized carbons (Fsp3) is 0.824. The lowest BCUT2D eigenvalue weighted by Gasteiger charge is -2.44. The van der Waals surface area contributed by atoms with Crippen LogP contribution in [0.3, 0.4) is 0 Å². The topological polar surface area (TPSA) is 196 Å². The molecule has 2 saturated heterocycles. The van der Waals surface area contributed by atoms with Gasteiger partial charge in [-0.25, -0.2) is 0 Å². The smallest absolute Gasteiger partial charge is 0.307 e. The van der Waals surface area contributed by atoms with E-state index in [1.54, 1.807) is 20.8 Å². The van der Waals surface area contributed by atoms with E-state index in [1.807, 2.05) is 13.8 Å². The van der Waals surface area contributed by atoms with Gasteiger partial charge in [0.05, 0.1) is 25.7 Å². The molecule has 1 N–H and O–H groups in total. The molecule has 0 bridgehead atoms. The van der Waals surface area contributed by atoms with E-state index in [4.69, 9.17) is 37.9 Å². The predicted octanol–water partition coefficient (Wildman–Crippen LogP) is 4.00. The van der Waals surface area contributed by atoms with Gasteiger partial charge in [-0.3, -0.25) is 28.8 Å². The Morgan fingerprint density at radius 2 is 1.12 bits per heavy atom. The van der Waals surface area contributed by atoms with Crippen LogP contribution in [0.1, 0.15) is 112 Å². The van der Waals surface area contributed by atoms with Crippen LogP contribution in [0.15, 0.2) is 0 Å². The normalized spacial score (nSPS) is 25.8. The minimum absolute atomic E-state index is 0.0182. The molecule has 15 nitrogen and oxygen atoms in total. The lowest BCUT2D eigenvalue weighted by molar-refractivity contribution is -0.340. The third-order valence-corrected chi connectivity index (χ3v) is 7.90. The second-order valence-corrected chi connectivity index (χ2v) is 12.2. The van der Waals surface area contributed by atoms with Crippen molar-refractivity contribution >= 4 is 35.8 Å². The first-order valence-electron chi connectivity index (χ1n) is 17.5. The number of rotatable bonds is 21. The molecule has 2 aliphatic rings. The van der Waals surface area contributed by atoms with Crippen LogP contribution in [0.4, 0.5) is 0 Å². The van der Waals surface area contributed by atoms with Crippen molar-refractivity contribution in [1.29, 1.82) is 0 Å². The van der Waals surface area contributed by atoms with Gasteiger partial charge in [0, 0.05) is 38.0 Å². The molecule has 2 heterocycles. The highest BCUT2D eigenvalue weighted by Gasteiger charge is 2.51. The highest BCUT2D eigenvalue weighted by atomic mass is 16.8. The van der Waals surface area contributed by atoms with Gasteiger partial charge in [-0.15, -0.1) is 0 Å². The van der Waals surface area contributed by atoms with Gasteiger partial charge in [-0.05, 0) is 44.9 Å². The Kier molecular flexibility index (Phi) is 19.2. The summed E-state index contributed by atoms with van der Waals surface area (Å²) in [5.41, 5.74) is 0. The Morgan fingerprint density at radius 3 is 1.67 bits per heavy atom. The first kappa shape index (κ1) is 41.9. The Bertz CT molecular complexity index is 1080. The van der Waals surface area contributed by atoms with Crippen LogP contribution < -0.4 is 0 Å². The van der Waals surface area contributed by atoms with Crippen molar-refractivity contribution in [2.45, 2.75) is 149 Å². The van der Waals surface area contributed by atoms with E-state index < -0.39 is 84.6 Å². The minimum Gasteiger partial charge on any atom is -0.481 e. The Hall–Kier alpha value is -3.30. The zero-order valence-corrected chi connectivity index (χ0v) is 29.4. The quantitative estimate of drug-likeness (QED) is 0.133. The Morgan fingerprint density at radius 1 is 0.633 bits per heavy atom. The van der Waals surface area contributed by atoms with Gasteiger partial charge >= 0.3 is 35.8 Å². The van der Waals surface area contributed by atoms with Gasteiger partial charge in [0.25, 0.3) is 0 Å². The third kappa shape index (κ3) is 14.2. The summed E-state index contributed by atoms with van der Waals surface area (Å²) in [7, 11) is 0. The molecule has 0 saturated carbocycles. The maximum absolute atomic E-state index is 12.8. The van der Waals surface area contributed by atoms with Crippen LogP contribution in [0.2, 0.25) is 0 Å². The van der Waals surface area contributed by atoms with E-state index in [0.717, 1.165) is 0 Å². The predicted molar refractivity (Wildman–Crippen MR) is 169 cm³/mol. The van der Waals surface area contributed by atoms with Crippen molar-refractivity contribution in [3.05, 3.63) is 0 Å². The van der Waals surface area contributed by atoms with E-state index >= 15 is 0 Å². The van der Waals surface area contributed by atoms with Gasteiger partial charge in [0.15, 0.2) is 24.6 Å². The summed E-state index contributed by atoms with van der Waals surface area (Å²) >= 11 is 0. The molecule has 49 heavy (non-hydrogen) atoms. The third-order valence-electron chi connectivity index (χ3n) is 7.90. The second-order valence-electron chi connectivity index (χ2n) is 12.2. The molecule has 0 amide bonds. The second kappa shape index (κ2) is 22.4. The van der Waals surface area contributed by atoms with Crippen LogP contribution in [-0.4, -0.2) is 97.7 Å². The van der Waals surface area contributed by atoms with Crippen LogP contribution >= 0.6 is 0 Å². The molecule has 8 atom stereocenters. The van der Waals surface area contributed by atoms with Crippen molar-refractivity contribution < 1.29 is 71.8 Å². The average Bonchev–Trinajstić information content (AvgIpc) is 3.03. The molecule has 280 valence electrons. The van der Waals surface area contributed by atoms with Crippen molar-refractivity contribution in [3.8, 4) is 0 Å². The van der Waals surface area contributed by atoms with Crippen molar-refractivity contribution in [3.63, 3.8) is 0 Å². The van der Waals surface area contributed by atoms with Crippen molar-refractivity contribution in [2.24, 2.45) is 11.8 Å². The molecule has 0 spiro atoms. The number of carbonyl (C=O) groups is 6. The van der Waals surface area contributed by atoms with Gasteiger partial charge in [0.1, 0.15) is 6.10 Å². The first-order valence-corrected chi connectivity index (χ1v) is 17.5. The highest BCUT2D eigenvalue weighted by Crippen LogP contribution is 2.36. The summed E-state index contributed by atoms with van der Waals surface area (Å²) < 4.78 is 46.0. The van der Waals surface area contributed by atoms with Gasteiger partial charge in [0.2, 0.25) is 6.29 Å². The number of carboxylic acid groups (broad SMARTS) is 1. The summed E-state index contributed by atoms with van der Waals surface area (Å²) in [5, 5.41) is 10.3. The Balaban J connectivity index is 2.44. The lowest BCUT2D eigenvalue weighted by atomic mass is 9.83. The van der Waals surface area contributed by atoms with Crippen LogP contribution in [0, 0.1) is 11.8 Å². The molecule has 0 radical (unpaired) electrons. The number of carboxylic acids is 1. The monoisotopic (exact) mass is 702 g/mol. The number of aliphatic carboxylic acids is 1. The maximum Gasteiger partial charge on any atom is 0.307 e. The number of carbonyl (C=O) groups excluding carboxylic acids is 5. The molecule has 15 heteroatoms. The standard InChI is InChI=1S/C34H54O15/c1-6-11-25(35)42-17-16-22(32(40)41)23-18-21(45-26(36)12-7-2)19-43-33(23)49-34-31(48-29(39)15-10-5)30(47-28(38)14-9-4)24(20-44-34)46-27(37)13-8-3/h21-24,30-31,33-34H,6-20H2,1-5H3,(H,40,41)/t21-,22-,23?,24-,30+,31-,33?,34-/m1/s1. The average molecular weight is 703 g/mol. The number of ether oxygens (including phenoxy) is 8. The SMILES string of the molecule is CCCC(=O)OCC[C@@H](C(=O)O)C1C[C@@H](OC(=O)CCC)COC1O[C@H]1OC[C@@H](OC(=O)CCC)[C@H](OC(=O)CCC)[C@H]1OC(=O)CCC. The van der Waals surface area contributed by atoms with Crippen LogP contribution in [0.25, 0.3) is 0 Å². The fourth-order valence-electron chi connectivity index (χ4n) is 5.55. The zero-order valence-electron chi connectivity index (χ0n) is 29.4. The zero-order chi connectivity index (χ0) is 36.3. The largest absolute Gasteiger partial charge is 0.481 e. The van der Waals surface area contributed by atoms with E-state index in [1.165, 1.54) is 0 Å². The molecule has 0 aromatic carbocycles. The van der Waals surface area contributed by atoms with Crippen LogP contribution in [0.5, 0.6) is 0 Å². The number of hydrogen-bond acceptors (Lipinski definition) is 14. The molecule has 2 unspecified atom stereocenters. The van der Waals surface area contributed by atoms with E-state index in [0.29, 0.717) is 32.1 Å². The molecule has 2 rings (SSSR count). The molecular weight excluding hydrogens is 648 g/mol.